The Bertz CT molecular complexity index is 368. The van der Waals surface area contributed by atoms with Gasteiger partial charge in [0.2, 0.25) is 0 Å². The van der Waals surface area contributed by atoms with Crippen LogP contribution in [0.1, 0.15) is 39.2 Å². The SMILES string of the molecule is CC(C)OC(=O)[C@@H](c1ccc(Cl)cc1)C(C)C. The molecule has 0 spiro atoms. The third kappa shape index (κ3) is 4.04. The summed E-state index contributed by atoms with van der Waals surface area (Å²) in [7, 11) is 0. The Balaban J connectivity index is 2.93. The van der Waals surface area contributed by atoms with Crippen molar-refractivity contribution in [2.24, 2.45) is 5.92 Å². The molecule has 0 radical (unpaired) electrons. The van der Waals surface area contributed by atoms with E-state index < -0.39 is 0 Å². The van der Waals surface area contributed by atoms with E-state index in [1.54, 1.807) is 12.1 Å². The second-order valence-corrected chi connectivity index (χ2v) is 5.20. The lowest BCUT2D eigenvalue weighted by Crippen LogP contribution is -2.23. The van der Waals surface area contributed by atoms with Crippen molar-refractivity contribution >= 4 is 17.6 Å². The minimum atomic E-state index is -0.227. The molecule has 3 heteroatoms. The molecule has 0 unspecified atom stereocenters. The van der Waals surface area contributed by atoms with Crippen molar-refractivity contribution in [1.82, 2.24) is 0 Å². The van der Waals surface area contributed by atoms with Crippen LogP contribution in [-0.4, -0.2) is 12.1 Å². The van der Waals surface area contributed by atoms with Gasteiger partial charge in [-0.15, -0.1) is 0 Å². The van der Waals surface area contributed by atoms with Gasteiger partial charge >= 0.3 is 5.97 Å². The van der Waals surface area contributed by atoms with Gasteiger partial charge < -0.3 is 4.74 Å². The third-order valence-electron chi connectivity index (χ3n) is 2.50. The first kappa shape index (κ1) is 14.0. The van der Waals surface area contributed by atoms with E-state index >= 15 is 0 Å². The summed E-state index contributed by atoms with van der Waals surface area (Å²) in [5, 5.41) is 0.675. The molecule has 0 bridgehead atoms. The Labute approximate surface area is 108 Å². The molecule has 0 aliphatic heterocycles. The van der Waals surface area contributed by atoms with Crippen LogP contribution in [-0.2, 0) is 9.53 Å². The highest BCUT2D eigenvalue weighted by atomic mass is 35.5. The van der Waals surface area contributed by atoms with Crippen molar-refractivity contribution in [3.05, 3.63) is 34.9 Å². The molecular formula is C14H19ClO2. The van der Waals surface area contributed by atoms with Crippen LogP contribution in [0.4, 0.5) is 0 Å². The second kappa shape index (κ2) is 6.06. The molecule has 1 aromatic rings. The van der Waals surface area contributed by atoms with Crippen LogP contribution in [0.15, 0.2) is 24.3 Å². The number of halogens is 1. The van der Waals surface area contributed by atoms with Gasteiger partial charge in [-0.25, -0.2) is 0 Å². The maximum absolute atomic E-state index is 12.0. The fraction of sp³-hybridized carbons (Fsp3) is 0.500. The second-order valence-electron chi connectivity index (χ2n) is 4.76. The summed E-state index contributed by atoms with van der Waals surface area (Å²) in [4.78, 5) is 12.0. The molecule has 2 nitrogen and oxygen atoms in total. The molecule has 0 aliphatic carbocycles. The van der Waals surface area contributed by atoms with Crippen molar-refractivity contribution in [2.45, 2.75) is 39.7 Å². The summed E-state index contributed by atoms with van der Waals surface area (Å²) in [5.41, 5.74) is 0.954. The molecule has 0 fully saturated rings. The first-order chi connectivity index (χ1) is 7.91. The van der Waals surface area contributed by atoms with E-state index in [2.05, 4.69) is 0 Å². The normalized spacial score (nSPS) is 12.9. The van der Waals surface area contributed by atoms with Crippen LogP contribution in [0.3, 0.4) is 0 Å². The molecule has 1 atom stereocenters. The molecule has 0 heterocycles. The Morgan fingerprint density at radius 1 is 1.12 bits per heavy atom. The van der Waals surface area contributed by atoms with E-state index in [1.165, 1.54) is 0 Å². The Morgan fingerprint density at radius 3 is 2.06 bits per heavy atom. The van der Waals surface area contributed by atoms with Crippen LogP contribution in [0, 0.1) is 5.92 Å². The zero-order chi connectivity index (χ0) is 13.0. The molecule has 0 N–H and O–H groups in total. The lowest BCUT2D eigenvalue weighted by molar-refractivity contribution is -0.150. The van der Waals surface area contributed by atoms with E-state index in [9.17, 15) is 4.79 Å². The quantitative estimate of drug-likeness (QED) is 0.759. The topological polar surface area (TPSA) is 26.3 Å². The molecular weight excluding hydrogens is 236 g/mol. The lowest BCUT2D eigenvalue weighted by atomic mass is 9.88. The Kier molecular flexibility index (Phi) is 5.01. The summed E-state index contributed by atoms with van der Waals surface area (Å²) < 4.78 is 5.29. The largest absolute Gasteiger partial charge is 0.462 e. The van der Waals surface area contributed by atoms with Crippen molar-refractivity contribution in [2.75, 3.05) is 0 Å². The fourth-order valence-corrected chi connectivity index (χ4v) is 1.89. The van der Waals surface area contributed by atoms with E-state index in [-0.39, 0.29) is 23.9 Å². The summed E-state index contributed by atoms with van der Waals surface area (Å²) in [5.74, 6) is -0.200. The van der Waals surface area contributed by atoms with Gasteiger partial charge in [-0.2, -0.15) is 0 Å². The number of hydrogen-bond acceptors (Lipinski definition) is 2. The van der Waals surface area contributed by atoms with Gasteiger partial charge in [-0.3, -0.25) is 4.79 Å². The number of benzene rings is 1. The summed E-state index contributed by atoms with van der Waals surface area (Å²) >= 11 is 5.84. The van der Waals surface area contributed by atoms with Crippen molar-refractivity contribution in [3.63, 3.8) is 0 Å². The van der Waals surface area contributed by atoms with Crippen LogP contribution >= 0.6 is 11.6 Å². The number of esters is 1. The molecule has 1 rings (SSSR count). The predicted molar refractivity (Wildman–Crippen MR) is 70.3 cm³/mol. The molecule has 94 valence electrons. The average Bonchev–Trinajstić information content (AvgIpc) is 2.19. The molecule has 0 amide bonds. The molecule has 17 heavy (non-hydrogen) atoms. The molecule has 0 saturated carbocycles. The van der Waals surface area contributed by atoms with Crippen molar-refractivity contribution in [3.8, 4) is 0 Å². The lowest BCUT2D eigenvalue weighted by Gasteiger charge is -2.21. The molecule has 0 aromatic heterocycles. The van der Waals surface area contributed by atoms with Gasteiger partial charge in [0.15, 0.2) is 0 Å². The first-order valence-electron chi connectivity index (χ1n) is 5.87. The monoisotopic (exact) mass is 254 g/mol. The Hall–Kier alpha value is -1.02. The summed E-state index contributed by atoms with van der Waals surface area (Å²) in [6.45, 7) is 7.75. The first-order valence-corrected chi connectivity index (χ1v) is 6.25. The molecule has 1 aromatic carbocycles. The standard InChI is InChI=1S/C14H19ClO2/c1-9(2)13(14(16)17-10(3)4)11-5-7-12(15)8-6-11/h5-10,13H,1-4H3/t13-/m1/s1. The van der Waals surface area contributed by atoms with E-state index in [1.807, 2.05) is 39.8 Å². The number of carbonyl (C=O) groups is 1. The highest BCUT2D eigenvalue weighted by Crippen LogP contribution is 2.27. The van der Waals surface area contributed by atoms with Gasteiger partial charge in [0.25, 0.3) is 0 Å². The van der Waals surface area contributed by atoms with Crippen molar-refractivity contribution < 1.29 is 9.53 Å². The van der Waals surface area contributed by atoms with Crippen molar-refractivity contribution in [1.29, 1.82) is 0 Å². The van der Waals surface area contributed by atoms with Crippen LogP contribution in [0.25, 0.3) is 0 Å². The fourth-order valence-electron chi connectivity index (χ4n) is 1.77. The minimum Gasteiger partial charge on any atom is -0.462 e. The van der Waals surface area contributed by atoms with Crippen LogP contribution in [0.2, 0.25) is 5.02 Å². The molecule has 0 saturated heterocycles. The van der Waals surface area contributed by atoms with Crippen LogP contribution < -0.4 is 0 Å². The number of carbonyl (C=O) groups excluding carboxylic acids is 1. The third-order valence-corrected chi connectivity index (χ3v) is 2.75. The van der Waals surface area contributed by atoms with Gasteiger partial charge in [0, 0.05) is 5.02 Å². The number of rotatable bonds is 4. The highest BCUT2D eigenvalue weighted by molar-refractivity contribution is 6.30. The predicted octanol–water partition coefficient (Wildman–Crippen LogP) is 4.03. The van der Waals surface area contributed by atoms with Gasteiger partial charge in [0.05, 0.1) is 12.0 Å². The summed E-state index contributed by atoms with van der Waals surface area (Å²) in [6.07, 6.45) is -0.0870. The maximum Gasteiger partial charge on any atom is 0.313 e. The minimum absolute atomic E-state index is 0.0870. The smallest absolute Gasteiger partial charge is 0.313 e. The van der Waals surface area contributed by atoms with Gasteiger partial charge in [0.1, 0.15) is 0 Å². The van der Waals surface area contributed by atoms with E-state index in [4.69, 9.17) is 16.3 Å². The summed E-state index contributed by atoms with van der Waals surface area (Å²) in [6, 6.07) is 7.37. The Morgan fingerprint density at radius 2 is 1.65 bits per heavy atom. The zero-order valence-electron chi connectivity index (χ0n) is 10.7. The number of hydrogen-bond donors (Lipinski definition) is 0. The van der Waals surface area contributed by atoms with Gasteiger partial charge in [-0.05, 0) is 37.5 Å². The molecule has 0 aliphatic rings. The average molecular weight is 255 g/mol. The van der Waals surface area contributed by atoms with Gasteiger partial charge in [-0.1, -0.05) is 37.6 Å². The van der Waals surface area contributed by atoms with E-state index in [0.717, 1.165) is 5.56 Å². The zero-order valence-corrected chi connectivity index (χ0v) is 11.5. The highest BCUT2D eigenvalue weighted by Gasteiger charge is 2.26. The maximum atomic E-state index is 12.0. The number of ether oxygens (including phenoxy) is 1. The van der Waals surface area contributed by atoms with E-state index in [0.29, 0.717) is 5.02 Å². The van der Waals surface area contributed by atoms with Crippen LogP contribution in [0.5, 0.6) is 0 Å².